The molecule has 0 aromatic rings. The summed E-state index contributed by atoms with van der Waals surface area (Å²) < 4.78 is 68.3. The fourth-order valence-corrected chi connectivity index (χ4v) is 10.8. The Morgan fingerprint density at radius 3 is 0.861 bits per heavy atom. The number of aliphatic hydroxyl groups is 1. The van der Waals surface area contributed by atoms with E-state index in [1.165, 1.54) is 19.3 Å². The standard InChI is InChI=1S/C89H136O17P2/c1-5-9-13-17-21-25-29-33-37-39-41-43-47-49-53-57-61-65-69-73-86(91)99-79-84(105-88(93)75-71-67-63-59-55-51-45-35-31-27-23-19-15-11-7-3)81-103-107(95,96)101-77-83(90)78-102-108(97,98)104-82-85(106-89(94)76-72-68-64-60-56-52-46-36-32-28-24-20-16-12-8-4)80-100-87(92)74-70-66-62-58-54-50-48-44-42-40-38-34-30-26-22-18-14-10-6-2/h9-11,13-15,21-28,33-38,41-46,49-50,53-55,59,61-62,65-67,71,83-85,90H,5-8,12,16-20,29-32,39-40,47-48,51-52,56-58,60,63-64,68-70,72-82H2,1-4H3,(H,95,96)(H,97,98)/b13-9-,14-10-,15-11-,25-21-,26-22-,27-23-,28-24-,37-33-,38-34-,43-41-,44-42-,45-35-,46-36-,53-49-,54-50-,59-55-,65-61-,66-62-,71-67-. The molecule has 0 amide bonds. The molecule has 3 N–H and O–H groups in total. The van der Waals surface area contributed by atoms with Gasteiger partial charge >= 0.3 is 39.5 Å². The van der Waals surface area contributed by atoms with Gasteiger partial charge in [0.25, 0.3) is 0 Å². The summed E-state index contributed by atoms with van der Waals surface area (Å²) in [4.78, 5) is 72.9. The second-order valence-electron chi connectivity index (χ2n) is 25.2. The second kappa shape index (κ2) is 78.2. The third kappa shape index (κ3) is 77.3. The van der Waals surface area contributed by atoms with Gasteiger partial charge in [0.1, 0.15) is 19.3 Å². The van der Waals surface area contributed by atoms with Crippen LogP contribution in [0.25, 0.3) is 0 Å². The van der Waals surface area contributed by atoms with Crippen LogP contribution in [0.5, 0.6) is 0 Å². The molecule has 0 aliphatic rings. The highest BCUT2D eigenvalue weighted by Gasteiger charge is 2.30. The molecule has 0 aromatic heterocycles. The number of aliphatic hydroxyl groups excluding tert-OH is 1. The number of phosphoric acid groups is 2. The number of esters is 4. The van der Waals surface area contributed by atoms with Gasteiger partial charge in [-0.05, 0) is 161 Å². The van der Waals surface area contributed by atoms with Crippen molar-refractivity contribution in [1.29, 1.82) is 0 Å². The van der Waals surface area contributed by atoms with E-state index in [0.717, 1.165) is 135 Å². The molecule has 5 unspecified atom stereocenters. The van der Waals surface area contributed by atoms with Gasteiger partial charge < -0.3 is 33.8 Å². The number of unbranched alkanes of at least 4 members (excludes halogenated alkanes) is 8. The molecule has 0 fully saturated rings. The maximum atomic E-state index is 13.1. The van der Waals surface area contributed by atoms with E-state index in [9.17, 15) is 43.2 Å². The highest BCUT2D eigenvalue weighted by molar-refractivity contribution is 7.47. The molecule has 0 saturated heterocycles. The lowest BCUT2D eigenvalue weighted by Crippen LogP contribution is -2.30. The van der Waals surface area contributed by atoms with E-state index >= 15 is 0 Å². The van der Waals surface area contributed by atoms with Crippen molar-refractivity contribution >= 4 is 39.5 Å². The van der Waals surface area contributed by atoms with Crippen LogP contribution in [-0.4, -0.2) is 96.7 Å². The quantitative estimate of drug-likeness (QED) is 0.0169. The number of allylic oxidation sites excluding steroid dienone is 37. The predicted octanol–water partition coefficient (Wildman–Crippen LogP) is 23.4. The van der Waals surface area contributed by atoms with Crippen LogP contribution in [-0.2, 0) is 65.4 Å². The number of carbonyl (C=O) groups is 4. The van der Waals surface area contributed by atoms with E-state index in [0.29, 0.717) is 38.5 Å². The highest BCUT2D eigenvalue weighted by Crippen LogP contribution is 2.45. The summed E-state index contributed by atoms with van der Waals surface area (Å²) in [6.45, 7) is 4.15. The number of hydrogen-bond donors (Lipinski definition) is 3. The van der Waals surface area contributed by atoms with Crippen LogP contribution >= 0.6 is 15.6 Å². The Labute approximate surface area is 651 Å². The minimum atomic E-state index is -5.04. The van der Waals surface area contributed by atoms with Crippen LogP contribution in [0, 0.1) is 0 Å². The van der Waals surface area contributed by atoms with Gasteiger partial charge in [-0.2, -0.15) is 0 Å². The summed E-state index contributed by atoms with van der Waals surface area (Å²) in [6.07, 6.45) is 101. The fourth-order valence-electron chi connectivity index (χ4n) is 9.26. The average molecular weight is 1540 g/mol. The van der Waals surface area contributed by atoms with E-state index in [1.54, 1.807) is 12.2 Å². The van der Waals surface area contributed by atoms with E-state index < -0.39 is 97.5 Å². The third-order valence-corrected chi connectivity index (χ3v) is 17.1. The van der Waals surface area contributed by atoms with Crippen molar-refractivity contribution in [2.75, 3.05) is 39.6 Å². The minimum Gasteiger partial charge on any atom is -0.462 e. The first kappa shape index (κ1) is 101. The zero-order chi connectivity index (χ0) is 78.9. The summed E-state index contributed by atoms with van der Waals surface area (Å²) in [6, 6.07) is 0. The molecule has 17 nitrogen and oxygen atoms in total. The van der Waals surface area contributed by atoms with Gasteiger partial charge in [0.2, 0.25) is 0 Å². The predicted molar refractivity (Wildman–Crippen MR) is 444 cm³/mol. The van der Waals surface area contributed by atoms with Gasteiger partial charge in [-0.3, -0.25) is 37.3 Å². The van der Waals surface area contributed by atoms with Gasteiger partial charge in [0, 0.05) is 19.3 Å². The molecule has 0 rings (SSSR count). The molecule has 108 heavy (non-hydrogen) atoms. The number of ether oxygens (including phenoxy) is 4. The van der Waals surface area contributed by atoms with Gasteiger partial charge in [0.15, 0.2) is 12.2 Å². The van der Waals surface area contributed by atoms with Gasteiger partial charge in [-0.15, -0.1) is 0 Å². The first-order chi connectivity index (χ1) is 52.7. The minimum absolute atomic E-state index is 0.00456. The van der Waals surface area contributed by atoms with E-state index in [2.05, 4.69) is 198 Å². The largest absolute Gasteiger partial charge is 0.472 e. The lowest BCUT2D eigenvalue weighted by molar-refractivity contribution is -0.161. The molecule has 0 bridgehead atoms. The zero-order valence-corrected chi connectivity index (χ0v) is 67.7. The molecular formula is C89H136O17P2. The summed E-state index contributed by atoms with van der Waals surface area (Å²) in [5.41, 5.74) is 0. The van der Waals surface area contributed by atoms with Gasteiger partial charge in [-0.25, -0.2) is 9.13 Å². The lowest BCUT2D eigenvalue weighted by Gasteiger charge is -2.21. The third-order valence-electron chi connectivity index (χ3n) is 15.2. The Balaban J connectivity index is 5.60. The number of phosphoric ester groups is 2. The monoisotopic (exact) mass is 1540 g/mol. The van der Waals surface area contributed by atoms with Crippen molar-refractivity contribution in [2.24, 2.45) is 0 Å². The van der Waals surface area contributed by atoms with E-state index in [4.69, 9.17) is 37.0 Å². The molecule has 5 atom stereocenters. The van der Waals surface area contributed by atoms with Gasteiger partial charge in [0.05, 0.1) is 32.8 Å². The van der Waals surface area contributed by atoms with Crippen LogP contribution in [0.3, 0.4) is 0 Å². The number of rotatable bonds is 71. The van der Waals surface area contributed by atoms with Crippen molar-refractivity contribution in [3.63, 3.8) is 0 Å². The Morgan fingerprint density at radius 2 is 0.537 bits per heavy atom. The Kier molecular flexibility index (Phi) is 73.3. The number of carbonyl (C=O) groups excluding carboxylic acids is 4. The molecule has 0 saturated carbocycles. The summed E-state index contributed by atoms with van der Waals surface area (Å²) in [5, 5.41) is 10.6. The Morgan fingerprint density at radius 1 is 0.278 bits per heavy atom. The molecule has 604 valence electrons. The van der Waals surface area contributed by atoms with Crippen molar-refractivity contribution < 1.29 is 80.2 Å². The molecule has 19 heteroatoms. The van der Waals surface area contributed by atoms with Crippen LogP contribution in [0.1, 0.15) is 246 Å². The van der Waals surface area contributed by atoms with E-state index in [-0.39, 0.29) is 25.7 Å². The summed E-state index contributed by atoms with van der Waals surface area (Å²) in [7, 11) is -10.1. The molecule has 0 radical (unpaired) electrons. The maximum absolute atomic E-state index is 13.1. The Bertz CT molecular complexity index is 2960. The average Bonchev–Trinajstić information content (AvgIpc) is 0.923. The Hall–Kier alpha value is -6.88. The fraction of sp³-hybridized carbons (Fsp3) is 0.528. The molecule has 0 spiro atoms. The van der Waals surface area contributed by atoms with Crippen molar-refractivity contribution in [1.82, 2.24) is 0 Å². The first-order valence-corrected chi connectivity index (χ1v) is 42.6. The van der Waals surface area contributed by atoms with Gasteiger partial charge in [-0.1, -0.05) is 291 Å². The van der Waals surface area contributed by atoms with Crippen LogP contribution in [0.2, 0.25) is 0 Å². The molecular weight excluding hydrogens is 1400 g/mol. The molecule has 0 aliphatic carbocycles. The number of hydrogen-bond acceptors (Lipinski definition) is 15. The lowest BCUT2D eigenvalue weighted by atomic mass is 10.1. The highest BCUT2D eigenvalue weighted by atomic mass is 31.2. The van der Waals surface area contributed by atoms with E-state index in [1.807, 2.05) is 48.6 Å². The van der Waals surface area contributed by atoms with Crippen LogP contribution < -0.4 is 0 Å². The summed E-state index contributed by atoms with van der Waals surface area (Å²) >= 11 is 0. The first-order valence-electron chi connectivity index (χ1n) is 39.6. The zero-order valence-electron chi connectivity index (χ0n) is 65.9. The van der Waals surface area contributed by atoms with Crippen LogP contribution in [0.4, 0.5) is 0 Å². The molecule has 0 aromatic carbocycles. The summed E-state index contributed by atoms with van der Waals surface area (Å²) in [5.74, 6) is -2.57. The topological polar surface area (TPSA) is 237 Å². The van der Waals surface area contributed by atoms with Crippen molar-refractivity contribution in [3.05, 3.63) is 231 Å². The molecule has 0 heterocycles. The molecule has 0 aliphatic heterocycles. The SMILES string of the molecule is CC/C=C\C/C=C\C/C=C\C/C=C\C/C=C\C/C=C\CCC(=O)OCC(COP(=O)(O)OCC(O)COP(=O)(O)OCC(COC(=O)CC/C=C\C/C=C\C/C=C\C/C=C\C/C=C\C/C=C\CC)OC(=O)CCCCCCC/C=C\C/C=C\CCCCC)OC(=O)C/C=C\C/C=C\C/C=C\C/C=C\C/C=C\CC. The second-order valence-corrected chi connectivity index (χ2v) is 28.1. The van der Waals surface area contributed by atoms with Crippen LogP contribution in [0.15, 0.2) is 231 Å². The smallest absolute Gasteiger partial charge is 0.462 e. The normalized spacial score (nSPS) is 15.1. The maximum Gasteiger partial charge on any atom is 0.472 e. The van der Waals surface area contributed by atoms with Crippen molar-refractivity contribution in [2.45, 2.75) is 264 Å². The van der Waals surface area contributed by atoms with Crippen molar-refractivity contribution in [3.8, 4) is 0 Å².